The number of anilines is 1. The normalized spacial score (nSPS) is 15.3. The van der Waals surface area contributed by atoms with Crippen LogP contribution in [0.15, 0.2) is 48.5 Å². The van der Waals surface area contributed by atoms with Crippen LogP contribution >= 0.6 is 0 Å². The summed E-state index contributed by atoms with van der Waals surface area (Å²) in [6.07, 6.45) is 1.06. The van der Waals surface area contributed by atoms with E-state index in [1.165, 1.54) is 16.7 Å². The Hall–Kier alpha value is -1.80. The molecule has 0 bridgehead atoms. The molecule has 0 aliphatic carbocycles. The Labute approximate surface area is 108 Å². The predicted molar refractivity (Wildman–Crippen MR) is 75.1 cm³/mol. The number of fused-ring (bicyclic) bond motifs is 1. The van der Waals surface area contributed by atoms with E-state index in [-0.39, 0.29) is 0 Å². The average molecular weight is 238 g/mol. The molecule has 0 spiro atoms. The molecule has 92 valence electrons. The fraction of sp³-hybridized carbons (Fsp3) is 0.250. The molecule has 1 heterocycles. The fourth-order valence-corrected chi connectivity index (χ4v) is 2.67. The minimum absolute atomic E-state index is 0.951. The predicted octanol–water partition coefficient (Wildman–Crippen LogP) is 2.83. The van der Waals surface area contributed by atoms with Gasteiger partial charge in [-0.05, 0) is 29.2 Å². The van der Waals surface area contributed by atoms with Crippen molar-refractivity contribution in [3.05, 3.63) is 65.2 Å². The second-order valence-corrected chi connectivity index (χ2v) is 4.93. The topological polar surface area (TPSA) is 29.3 Å². The quantitative estimate of drug-likeness (QED) is 0.815. The van der Waals surface area contributed by atoms with E-state index in [1.54, 1.807) is 0 Å². The Morgan fingerprint density at radius 3 is 2.67 bits per heavy atom. The summed E-state index contributed by atoms with van der Waals surface area (Å²) in [6.45, 7) is 3.13. The lowest BCUT2D eigenvalue weighted by Crippen LogP contribution is -2.30. The van der Waals surface area contributed by atoms with E-state index < -0.39 is 0 Å². The Morgan fingerprint density at radius 1 is 1.00 bits per heavy atom. The number of nitrogens with two attached hydrogens (primary N) is 1. The zero-order valence-electron chi connectivity index (χ0n) is 10.5. The van der Waals surface area contributed by atoms with Crippen molar-refractivity contribution in [3.63, 3.8) is 0 Å². The minimum Gasteiger partial charge on any atom is -0.398 e. The molecule has 0 aromatic heterocycles. The van der Waals surface area contributed by atoms with Crippen molar-refractivity contribution in [2.24, 2.45) is 0 Å². The second kappa shape index (κ2) is 4.83. The van der Waals surface area contributed by atoms with Gasteiger partial charge in [-0.2, -0.15) is 0 Å². The molecule has 3 rings (SSSR count). The molecule has 0 unspecified atom stereocenters. The van der Waals surface area contributed by atoms with E-state index in [2.05, 4.69) is 47.4 Å². The molecule has 0 amide bonds. The van der Waals surface area contributed by atoms with Gasteiger partial charge in [0.1, 0.15) is 0 Å². The smallest absolute Gasteiger partial charge is 0.0350 e. The Balaban J connectivity index is 1.76. The molecule has 18 heavy (non-hydrogen) atoms. The van der Waals surface area contributed by atoms with Crippen LogP contribution in [0.5, 0.6) is 0 Å². The number of nitrogens with zero attached hydrogens (tertiary/aromatic N) is 1. The summed E-state index contributed by atoms with van der Waals surface area (Å²) in [5.41, 5.74) is 11.1. The molecule has 2 aromatic carbocycles. The largest absolute Gasteiger partial charge is 0.398 e. The van der Waals surface area contributed by atoms with Gasteiger partial charge in [-0.3, -0.25) is 4.90 Å². The summed E-state index contributed by atoms with van der Waals surface area (Å²) in [6, 6.07) is 16.9. The van der Waals surface area contributed by atoms with Gasteiger partial charge in [-0.1, -0.05) is 42.5 Å². The van der Waals surface area contributed by atoms with Gasteiger partial charge >= 0.3 is 0 Å². The third-order valence-electron chi connectivity index (χ3n) is 3.63. The van der Waals surface area contributed by atoms with Crippen molar-refractivity contribution < 1.29 is 0 Å². The maximum absolute atomic E-state index is 6.02. The molecule has 0 saturated heterocycles. The van der Waals surface area contributed by atoms with E-state index in [4.69, 9.17) is 5.73 Å². The van der Waals surface area contributed by atoms with Gasteiger partial charge in [-0.15, -0.1) is 0 Å². The van der Waals surface area contributed by atoms with Crippen molar-refractivity contribution in [1.82, 2.24) is 4.90 Å². The Morgan fingerprint density at radius 2 is 1.83 bits per heavy atom. The first-order valence-corrected chi connectivity index (χ1v) is 6.45. The molecule has 0 saturated carbocycles. The summed E-state index contributed by atoms with van der Waals surface area (Å²) >= 11 is 0. The van der Waals surface area contributed by atoms with Gasteiger partial charge in [0.05, 0.1) is 0 Å². The summed E-state index contributed by atoms with van der Waals surface area (Å²) < 4.78 is 0. The fourth-order valence-electron chi connectivity index (χ4n) is 2.67. The summed E-state index contributed by atoms with van der Waals surface area (Å²) in [4.78, 5) is 2.48. The van der Waals surface area contributed by atoms with Gasteiger partial charge in [0.15, 0.2) is 0 Å². The van der Waals surface area contributed by atoms with Gasteiger partial charge < -0.3 is 5.73 Å². The van der Waals surface area contributed by atoms with Crippen LogP contribution in [0, 0.1) is 0 Å². The monoisotopic (exact) mass is 238 g/mol. The molecule has 1 aliphatic rings. The van der Waals surface area contributed by atoms with E-state index in [0.29, 0.717) is 0 Å². The number of hydrogen-bond acceptors (Lipinski definition) is 2. The zero-order chi connectivity index (χ0) is 12.4. The lowest BCUT2D eigenvalue weighted by Gasteiger charge is -2.29. The van der Waals surface area contributed by atoms with Crippen molar-refractivity contribution in [2.45, 2.75) is 19.5 Å². The van der Waals surface area contributed by atoms with Crippen LogP contribution in [0.3, 0.4) is 0 Å². The highest BCUT2D eigenvalue weighted by Crippen LogP contribution is 2.24. The molecule has 1 aliphatic heterocycles. The zero-order valence-corrected chi connectivity index (χ0v) is 10.5. The van der Waals surface area contributed by atoms with Crippen molar-refractivity contribution >= 4 is 5.69 Å². The third-order valence-corrected chi connectivity index (χ3v) is 3.63. The first-order valence-electron chi connectivity index (χ1n) is 6.45. The van der Waals surface area contributed by atoms with Crippen LogP contribution in [-0.2, 0) is 19.5 Å². The molecular weight excluding hydrogens is 220 g/mol. The van der Waals surface area contributed by atoms with Gasteiger partial charge in [0.2, 0.25) is 0 Å². The van der Waals surface area contributed by atoms with Crippen molar-refractivity contribution in [1.29, 1.82) is 0 Å². The van der Waals surface area contributed by atoms with Crippen LogP contribution < -0.4 is 5.73 Å². The van der Waals surface area contributed by atoms with Crippen molar-refractivity contribution in [2.75, 3.05) is 12.3 Å². The van der Waals surface area contributed by atoms with Gasteiger partial charge in [0, 0.05) is 25.3 Å². The maximum atomic E-state index is 6.02. The Bertz CT molecular complexity index is 534. The van der Waals surface area contributed by atoms with Crippen LogP contribution in [0.2, 0.25) is 0 Å². The van der Waals surface area contributed by atoms with E-state index in [1.807, 2.05) is 6.07 Å². The lowest BCUT2D eigenvalue weighted by molar-refractivity contribution is 0.246. The van der Waals surface area contributed by atoms with Gasteiger partial charge in [-0.25, -0.2) is 0 Å². The first kappa shape index (κ1) is 11.3. The SMILES string of the molecule is Nc1cccc2c1CCN(Cc1ccccc1)C2. The lowest BCUT2D eigenvalue weighted by atomic mass is 9.97. The highest BCUT2D eigenvalue weighted by molar-refractivity contribution is 5.51. The molecular formula is C16H18N2. The standard InChI is InChI=1S/C16H18N2/c17-16-8-4-7-14-12-18(10-9-15(14)16)11-13-5-2-1-3-6-13/h1-8H,9-12,17H2. The molecule has 2 heteroatoms. The maximum Gasteiger partial charge on any atom is 0.0350 e. The number of nitrogen functional groups attached to an aromatic ring is 1. The highest BCUT2D eigenvalue weighted by Gasteiger charge is 2.17. The molecule has 2 nitrogen and oxygen atoms in total. The van der Waals surface area contributed by atoms with Crippen LogP contribution in [0.1, 0.15) is 16.7 Å². The van der Waals surface area contributed by atoms with E-state index in [0.717, 1.165) is 31.7 Å². The van der Waals surface area contributed by atoms with Crippen molar-refractivity contribution in [3.8, 4) is 0 Å². The van der Waals surface area contributed by atoms with Crippen LogP contribution in [0.4, 0.5) is 5.69 Å². The number of hydrogen-bond donors (Lipinski definition) is 1. The third kappa shape index (κ3) is 2.24. The number of benzene rings is 2. The minimum atomic E-state index is 0.951. The molecule has 2 aromatic rings. The Kier molecular flexibility index (Phi) is 3.03. The average Bonchev–Trinajstić information content (AvgIpc) is 2.40. The van der Waals surface area contributed by atoms with Gasteiger partial charge in [0.25, 0.3) is 0 Å². The van der Waals surface area contributed by atoms with E-state index >= 15 is 0 Å². The van der Waals surface area contributed by atoms with E-state index in [9.17, 15) is 0 Å². The van der Waals surface area contributed by atoms with Crippen LogP contribution in [-0.4, -0.2) is 11.4 Å². The molecule has 0 atom stereocenters. The molecule has 2 N–H and O–H groups in total. The summed E-state index contributed by atoms with van der Waals surface area (Å²) in [5.74, 6) is 0. The second-order valence-electron chi connectivity index (χ2n) is 4.93. The number of rotatable bonds is 2. The summed E-state index contributed by atoms with van der Waals surface area (Å²) in [5, 5.41) is 0. The first-order chi connectivity index (χ1) is 8.83. The molecule has 0 radical (unpaired) electrons. The van der Waals surface area contributed by atoms with Crippen LogP contribution in [0.25, 0.3) is 0 Å². The molecule has 0 fully saturated rings. The highest BCUT2D eigenvalue weighted by atomic mass is 15.1. The summed E-state index contributed by atoms with van der Waals surface area (Å²) in [7, 11) is 0.